The number of hydrogen-bond donors (Lipinski definition) is 2. The fraction of sp³-hybridized carbons (Fsp3) is 0.900. The summed E-state index contributed by atoms with van der Waals surface area (Å²) in [5.41, 5.74) is 5.32. The Bertz CT molecular complexity index is 126. The second-order valence-electron chi connectivity index (χ2n) is 3.25. The van der Waals surface area contributed by atoms with Crippen LogP contribution in [0.2, 0.25) is 0 Å². The van der Waals surface area contributed by atoms with Crippen LogP contribution in [-0.2, 0) is 9.53 Å². The predicted octanol–water partition coefficient (Wildman–Crippen LogP) is 0.658. The van der Waals surface area contributed by atoms with Crippen LogP contribution in [0.5, 0.6) is 0 Å². The summed E-state index contributed by atoms with van der Waals surface area (Å²) < 4.78 is 5.16. The average Bonchev–Trinajstić information content (AvgIpc) is 2.19. The molecule has 0 heterocycles. The lowest BCUT2D eigenvalue weighted by atomic mass is 10.3. The highest BCUT2D eigenvalue weighted by Gasteiger charge is 1.99. The molecule has 0 aliphatic rings. The maximum atomic E-state index is 11.1. The Morgan fingerprint density at radius 3 is 2.79 bits per heavy atom. The Hall–Kier alpha value is -0.610. The molecule has 0 aromatic rings. The number of nitrogens with one attached hydrogen (secondary N) is 1. The van der Waals surface area contributed by atoms with E-state index in [0.29, 0.717) is 19.7 Å². The van der Waals surface area contributed by atoms with E-state index in [2.05, 4.69) is 12.2 Å². The summed E-state index contributed by atoms with van der Waals surface area (Å²) in [6.07, 6.45) is 4.01. The van der Waals surface area contributed by atoms with Crippen molar-refractivity contribution in [3.8, 4) is 0 Å². The molecule has 14 heavy (non-hydrogen) atoms. The van der Waals surface area contributed by atoms with Crippen molar-refractivity contribution in [3.63, 3.8) is 0 Å². The number of carbonyl (C=O) groups is 1. The third-order valence-electron chi connectivity index (χ3n) is 1.83. The standard InChI is InChI=1S/C10H22N2O2/c1-2-3-8-14-9-10(13)12-7-5-4-6-11/h2-9,11H2,1H3,(H,12,13). The maximum absolute atomic E-state index is 11.1. The van der Waals surface area contributed by atoms with Gasteiger partial charge in [-0.1, -0.05) is 13.3 Å². The number of rotatable bonds is 9. The zero-order valence-corrected chi connectivity index (χ0v) is 9.05. The quantitative estimate of drug-likeness (QED) is 0.540. The molecule has 0 rings (SSSR count). The number of unbranched alkanes of at least 4 members (excludes halogenated alkanes) is 2. The van der Waals surface area contributed by atoms with Crippen molar-refractivity contribution in [1.29, 1.82) is 0 Å². The minimum absolute atomic E-state index is 0.0295. The number of nitrogens with two attached hydrogens (primary N) is 1. The van der Waals surface area contributed by atoms with Crippen molar-refractivity contribution in [1.82, 2.24) is 5.32 Å². The zero-order valence-electron chi connectivity index (χ0n) is 9.05. The van der Waals surface area contributed by atoms with Crippen LogP contribution in [0.25, 0.3) is 0 Å². The average molecular weight is 202 g/mol. The van der Waals surface area contributed by atoms with Crippen molar-refractivity contribution in [2.45, 2.75) is 32.6 Å². The van der Waals surface area contributed by atoms with Gasteiger partial charge in [0.05, 0.1) is 0 Å². The smallest absolute Gasteiger partial charge is 0.245 e. The van der Waals surface area contributed by atoms with Crippen molar-refractivity contribution in [2.24, 2.45) is 5.73 Å². The second kappa shape index (κ2) is 10.5. The van der Waals surface area contributed by atoms with Gasteiger partial charge in [0.1, 0.15) is 6.61 Å². The van der Waals surface area contributed by atoms with Gasteiger partial charge in [0, 0.05) is 13.2 Å². The van der Waals surface area contributed by atoms with Gasteiger partial charge in [-0.2, -0.15) is 0 Å². The molecule has 0 bridgehead atoms. The largest absolute Gasteiger partial charge is 0.372 e. The van der Waals surface area contributed by atoms with Gasteiger partial charge in [0.25, 0.3) is 0 Å². The van der Waals surface area contributed by atoms with Crippen LogP contribution in [0, 0.1) is 0 Å². The van der Waals surface area contributed by atoms with E-state index in [1.54, 1.807) is 0 Å². The molecule has 4 heteroatoms. The first-order valence-corrected chi connectivity index (χ1v) is 5.35. The molecule has 0 aliphatic carbocycles. The molecule has 0 saturated carbocycles. The Kier molecular flexibility index (Phi) is 10.0. The van der Waals surface area contributed by atoms with E-state index >= 15 is 0 Å². The molecular formula is C10H22N2O2. The lowest BCUT2D eigenvalue weighted by Gasteiger charge is -2.05. The molecule has 0 atom stereocenters. The molecule has 0 spiro atoms. The van der Waals surface area contributed by atoms with Gasteiger partial charge in [-0.15, -0.1) is 0 Å². The van der Waals surface area contributed by atoms with Crippen molar-refractivity contribution < 1.29 is 9.53 Å². The predicted molar refractivity (Wildman–Crippen MR) is 57.0 cm³/mol. The highest BCUT2D eigenvalue weighted by Crippen LogP contribution is 1.87. The third kappa shape index (κ3) is 9.48. The van der Waals surface area contributed by atoms with Gasteiger partial charge < -0.3 is 15.8 Å². The van der Waals surface area contributed by atoms with Gasteiger partial charge in [0.15, 0.2) is 0 Å². The Morgan fingerprint density at radius 2 is 2.14 bits per heavy atom. The first-order chi connectivity index (χ1) is 6.81. The van der Waals surface area contributed by atoms with Crippen molar-refractivity contribution >= 4 is 5.91 Å². The summed E-state index contributed by atoms with van der Waals surface area (Å²) in [6.45, 7) is 4.33. The van der Waals surface area contributed by atoms with E-state index in [1.165, 1.54) is 0 Å². The molecule has 0 saturated heterocycles. The van der Waals surface area contributed by atoms with Crippen LogP contribution in [-0.4, -0.2) is 32.2 Å². The van der Waals surface area contributed by atoms with Crippen LogP contribution in [0.1, 0.15) is 32.6 Å². The lowest BCUT2D eigenvalue weighted by Crippen LogP contribution is -2.28. The van der Waals surface area contributed by atoms with Crippen LogP contribution < -0.4 is 11.1 Å². The van der Waals surface area contributed by atoms with Crippen molar-refractivity contribution in [2.75, 3.05) is 26.3 Å². The summed E-state index contributed by atoms with van der Waals surface area (Å²) in [4.78, 5) is 11.1. The molecule has 4 nitrogen and oxygen atoms in total. The summed E-state index contributed by atoms with van der Waals surface area (Å²) >= 11 is 0. The number of ether oxygens (including phenoxy) is 1. The summed E-state index contributed by atoms with van der Waals surface area (Å²) in [7, 11) is 0. The van der Waals surface area contributed by atoms with Crippen molar-refractivity contribution in [3.05, 3.63) is 0 Å². The minimum Gasteiger partial charge on any atom is -0.372 e. The molecule has 0 aromatic carbocycles. The minimum atomic E-state index is -0.0295. The van der Waals surface area contributed by atoms with Gasteiger partial charge in [0.2, 0.25) is 5.91 Å². The van der Waals surface area contributed by atoms with E-state index in [4.69, 9.17) is 10.5 Å². The van der Waals surface area contributed by atoms with Gasteiger partial charge in [-0.05, 0) is 25.8 Å². The Balaban J connectivity index is 3.11. The lowest BCUT2D eigenvalue weighted by molar-refractivity contribution is -0.125. The van der Waals surface area contributed by atoms with E-state index < -0.39 is 0 Å². The molecule has 0 unspecified atom stereocenters. The van der Waals surface area contributed by atoms with E-state index in [-0.39, 0.29) is 12.5 Å². The molecule has 0 aliphatic heterocycles. The summed E-state index contributed by atoms with van der Waals surface area (Å²) in [5, 5.41) is 2.77. The highest BCUT2D eigenvalue weighted by atomic mass is 16.5. The normalized spacial score (nSPS) is 10.1. The topological polar surface area (TPSA) is 64.3 Å². The molecule has 0 fully saturated rings. The molecule has 3 N–H and O–H groups in total. The third-order valence-corrected chi connectivity index (χ3v) is 1.83. The van der Waals surface area contributed by atoms with E-state index in [0.717, 1.165) is 25.7 Å². The molecular weight excluding hydrogens is 180 g/mol. The highest BCUT2D eigenvalue weighted by molar-refractivity contribution is 5.77. The second-order valence-corrected chi connectivity index (χ2v) is 3.25. The van der Waals surface area contributed by atoms with E-state index in [1.807, 2.05) is 0 Å². The first kappa shape index (κ1) is 13.4. The summed E-state index contributed by atoms with van der Waals surface area (Å²) in [5.74, 6) is -0.0295. The Morgan fingerprint density at radius 1 is 1.36 bits per heavy atom. The first-order valence-electron chi connectivity index (χ1n) is 5.35. The SMILES string of the molecule is CCCCOCC(=O)NCCCCN. The molecule has 0 radical (unpaired) electrons. The van der Waals surface area contributed by atoms with E-state index in [9.17, 15) is 4.79 Å². The zero-order chi connectivity index (χ0) is 10.6. The molecule has 84 valence electrons. The monoisotopic (exact) mass is 202 g/mol. The number of carbonyl (C=O) groups excluding carboxylic acids is 1. The maximum Gasteiger partial charge on any atom is 0.245 e. The fourth-order valence-corrected chi connectivity index (χ4v) is 0.959. The Labute approximate surface area is 86.2 Å². The van der Waals surface area contributed by atoms with Crippen LogP contribution >= 0.6 is 0 Å². The van der Waals surface area contributed by atoms with Gasteiger partial charge in [-0.25, -0.2) is 0 Å². The molecule has 0 aromatic heterocycles. The number of hydrogen-bond acceptors (Lipinski definition) is 3. The van der Waals surface area contributed by atoms with Crippen LogP contribution in [0.15, 0.2) is 0 Å². The fourth-order valence-electron chi connectivity index (χ4n) is 0.959. The van der Waals surface area contributed by atoms with Crippen LogP contribution in [0.3, 0.4) is 0 Å². The van der Waals surface area contributed by atoms with Crippen LogP contribution in [0.4, 0.5) is 0 Å². The molecule has 1 amide bonds. The number of amides is 1. The van der Waals surface area contributed by atoms with Gasteiger partial charge >= 0.3 is 0 Å². The summed E-state index contributed by atoms with van der Waals surface area (Å²) in [6, 6.07) is 0. The van der Waals surface area contributed by atoms with Gasteiger partial charge in [-0.3, -0.25) is 4.79 Å².